The van der Waals surface area contributed by atoms with Crippen LogP contribution in [0.25, 0.3) is 44.6 Å². The summed E-state index contributed by atoms with van der Waals surface area (Å²) in [5, 5.41) is 21.3. The molecule has 0 aliphatic rings. The maximum absolute atomic E-state index is 12.6. The van der Waals surface area contributed by atoms with Gasteiger partial charge in [0.1, 0.15) is 35.7 Å². The minimum absolute atomic E-state index is 0.0385. The number of rotatable bonds is 11. The summed E-state index contributed by atoms with van der Waals surface area (Å²) in [4.78, 5) is 25.6. The van der Waals surface area contributed by atoms with Gasteiger partial charge < -0.3 is 30.6 Å². The SMILES string of the molecule is Nc1nc2cc(-c3nn(CCCC(=O)OCc4ccc(OCc5c(-c6ccccc6)no[n+]5[O-])cc4)c4ncnc(N)c34)ccc2o1. The minimum atomic E-state index is -0.355. The fourth-order valence-corrected chi connectivity index (χ4v) is 5.13. The van der Waals surface area contributed by atoms with E-state index in [1.165, 1.54) is 6.33 Å². The summed E-state index contributed by atoms with van der Waals surface area (Å²) >= 11 is 0. The molecule has 15 nitrogen and oxygen atoms in total. The van der Waals surface area contributed by atoms with E-state index in [4.69, 9.17) is 35.1 Å². The van der Waals surface area contributed by atoms with Crippen molar-refractivity contribution >= 4 is 39.9 Å². The lowest BCUT2D eigenvalue weighted by molar-refractivity contribution is -0.808. The highest BCUT2D eigenvalue weighted by Gasteiger charge is 2.22. The molecule has 47 heavy (non-hydrogen) atoms. The third kappa shape index (κ3) is 6.09. The molecule has 0 unspecified atom stereocenters. The number of oxazole rings is 1. The number of benzene rings is 3. The lowest BCUT2D eigenvalue weighted by atomic mass is 10.1. The van der Waals surface area contributed by atoms with Gasteiger partial charge in [-0.15, -0.1) is 0 Å². The second-order valence-corrected chi connectivity index (χ2v) is 10.6. The number of nitrogens with two attached hydrogens (primary N) is 2. The number of aryl methyl sites for hydroxylation is 1. The topological polar surface area (TPSA) is 210 Å². The predicted octanol–water partition coefficient (Wildman–Crippen LogP) is 4.19. The lowest BCUT2D eigenvalue weighted by Crippen LogP contribution is -2.29. The summed E-state index contributed by atoms with van der Waals surface area (Å²) in [7, 11) is 0. The molecule has 0 fully saturated rings. The molecule has 0 bridgehead atoms. The number of carbonyl (C=O) groups is 1. The largest absolute Gasteiger partial charge is 0.485 e. The van der Waals surface area contributed by atoms with E-state index < -0.39 is 0 Å². The molecular weight excluding hydrogens is 606 g/mol. The van der Waals surface area contributed by atoms with Crippen LogP contribution >= 0.6 is 0 Å². The Bertz CT molecular complexity index is 2190. The van der Waals surface area contributed by atoms with Crippen LogP contribution in [0.5, 0.6) is 5.75 Å². The van der Waals surface area contributed by atoms with Crippen molar-refractivity contribution in [1.82, 2.24) is 29.9 Å². The first-order valence-corrected chi connectivity index (χ1v) is 14.6. The number of carbonyl (C=O) groups excluding carboxylic acids is 1. The summed E-state index contributed by atoms with van der Waals surface area (Å²) in [6, 6.07) is 21.7. The van der Waals surface area contributed by atoms with Gasteiger partial charge in [-0.05, 0) is 47.2 Å². The highest BCUT2D eigenvalue weighted by atomic mass is 16.8. The van der Waals surface area contributed by atoms with Gasteiger partial charge in [0.05, 0.1) is 5.39 Å². The number of nitrogens with zero attached hydrogens (tertiary/aromatic N) is 7. The van der Waals surface area contributed by atoms with Crippen LogP contribution in [-0.2, 0) is 29.3 Å². The van der Waals surface area contributed by atoms with Gasteiger partial charge >= 0.3 is 5.97 Å². The molecule has 0 aliphatic carbocycles. The highest BCUT2D eigenvalue weighted by molar-refractivity contribution is 5.99. The van der Waals surface area contributed by atoms with Gasteiger partial charge in [0.25, 0.3) is 11.7 Å². The van der Waals surface area contributed by atoms with Gasteiger partial charge in [-0.25, -0.2) is 14.6 Å². The molecule has 0 amide bonds. The average molecular weight is 634 g/mol. The summed E-state index contributed by atoms with van der Waals surface area (Å²) < 4.78 is 23.1. The molecule has 15 heteroatoms. The highest BCUT2D eigenvalue weighted by Crippen LogP contribution is 2.32. The maximum Gasteiger partial charge on any atom is 0.306 e. The third-order valence-electron chi connectivity index (χ3n) is 7.43. The van der Waals surface area contributed by atoms with Gasteiger partial charge in [-0.3, -0.25) is 9.42 Å². The molecule has 4 aromatic heterocycles. The Morgan fingerprint density at radius 3 is 2.62 bits per heavy atom. The molecule has 0 spiro atoms. The number of hydrogen-bond donors (Lipinski definition) is 2. The molecule has 7 rings (SSSR count). The van der Waals surface area contributed by atoms with Crippen LogP contribution in [0.2, 0.25) is 0 Å². The quantitative estimate of drug-likeness (QED) is 0.151. The summed E-state index contributed by atoms with van der Waals surface area (Å²) in [5.41, 5.74) is 17.1. The zero-order chi connectivity index (χ0) is 32.3. The monoisotopic (exact) mass is 633 g/mol. The molecule has 4 heterocycles. The smallest absolute Gasteiger partial charge is 0.306 e. The second-order valence-electron chi connectivity index (χ2n) is 10.6. The molecule has 3 aromatic carbocycles. The Labute approximate surface area is 265 Å². The van der Waals surface area contributed by atoms with E-state index in [1.807, 2.05) is 42.5 Å². The van der Waals surface area contributed by atoms with E-state index in [1.54, 1.807) is 35.0 Å². The summed E-state index contributed by atoms with van der Waals surface area (Å²) in [6.07, 6.45) is 2.00. The van der Waals surface area contributed by atoms with Gasteiger partial charge in [-0.2, -0.15) is 10.1 Å². The van der Waals surface area contributed by atoms with E-state index in [0.717, 1.165) is 16.7 Å². The molecule has 0 atom stereocenters. The molecular formula is C32H27N9O6. The first kappa shape index (κ1) is 29.2. The number of ether oxygens (including phenoxy) is 2. The van der Waals surface area contributed by atoms with Gasteiger partial charge in [0.15, 0.2) is 17.8 Å². The Morgan fingerprint density at radius 1 is 0.957 bits per heavy atom. The van der Waals surface area contributed by atoms with Crippen LogP contribution in [0.3, 0.4) is 0 Å². The van der Waals surface area contributed by atoms with Crippen molar-refractivity contribution in [2.75, 3.05) is 11.5 Å². The Balaban J connectivity index is 0.935. The van der Waals surface area contributed by atoms with Crippen LogP contribution in [0.1, 0.15) is 24.1 Å². The molecule has 236 valence electrons. The van der Waals surface area contributed by atoms with E-state index >= 15 is 0 Å². The van der Waals surface area contributed by atoms with E-state index in [2.05, 4.69) is 20.1 Å². The standard InChI is InChI=1S/C32H27N9O6/c33-30-27-29(21-10-13-25-23(15-21)37-32(34)46-25)38-40(31(27)36-18-35-30)14-4-7-26(42)45-16-19-8-11-22(12-9-19)44-17-24-28(39-47-41(24)43)20-5-2-1-3-6-20/h1-3,5-6,8-13,15,18H,4,7,14,16-17H2,(H2,34,37)(H2,33,35,36). The molecule has 7 aromatic rings. The van der Waals surface area contributed by atoms with Crippen molar-refractivity contribution in [3.63, 3.8) is 0 Å². The van der Waals surface area contributed by atoms with E-state index in [-0.39, 0.29) is 43.1 Å². The number of anilines is 2. The summed E-state index contributed by atoms with van der Waals surface area (Å²) in [5.74, 6) is 0.461. The van der Waals surface area contributed by atoms with Crippen molar-refractivity contribution in [2.24, 2.45) is 0 Å². The van der Waals surface area contributed by atoms with Crippen LogP contribution in [-0.4, -0.2) is 35.9 Å². The molecule has 0 radical (unpaired) electrons. The van der Waals surface area contributed by atoms with Gasteiger partial charge in [-0.1, -0.05) is 42.5 Å². The van der Waals surface area contributed by atoms with E-state index in [0.29, 0.717) is 57.1 Å². The van der Waals surface area contributed by atoms with Crippen LogP contribution in [0.4, 0.5) is 11.8 Å². The number of nitrogen functional groups attached to an aromatic ring is 2. The molecule has 4 N–H and O–H groups in total. The Kier molecular flexibility index (Phi) is 7.75. The van der Waals surface area contributed by atoms with Gasteiger partial charge in [0.2, 0.25) is 5.69 Å². The van der Waals surface area contributed by atoms with E-state index in [9.17, 15) is 10.0 Å². The molecule has 0 saturated carbocycles. The number of hydrogen-bond acceptors (Lipinski definition) is 13. The van der Waals surface area contributed by atoms with Crippen LogP contribution in [0, 0.1) is 5.21 Å². The average Bonchev–Trinajstić information content (AvgIpc) is 3.77. The first-order chi connectivity index (χ1) is 22.9. The zero-order valence-corrected chi connectivity index (χ0v) is 24.8. The van der Waals surface area contributed by atoms with Crippen molar-refractivity contribution < 1.29 is 28.2 Å². The lowest BCUT2D eigenvalue weighted by Gasteiger charge is -2.08. The first-order valence-electron chi connectivity index (χ1n) is 14.6. The fraction of sp³-hybridized carbons (Fsp3) is 0.156. The van der Waals surface area contributed by atoms with Crippen LogP contribution in [0.15, 0.2) is 88.2 Å². The zero-order valence-electron chi connectivity index (χ0n) is 24.8. The number of aromatic nitrogens is 7. The van der Waals surface area contributed by atoms with Gasteiger partial charge in [0, 0.05) is 29.2 Å². The molecule has 0 aliphatic heterocycles. The van der Waals surface area contributed by atoms with Crippen molar-refractivity contribution in [3.8, 4) is 28.3 Å². The second kappa shape index (κ2) is 12.5. The van der Waals surface area contributed by atoms with Crippen molar-refractivity contribution in [3.05, 3.63) is 95.6 Å². The normalized spacial score (nSPS) is 11.3. The number of esters is 1. The van der Waals surface area contributed by atoms with Crippen LogP contribution < -0.4 is 21.1 Å². The fourth-order valence-electron chi connectivity index (χ4n) is 5.13. The maximum atomic E-state index is 12.6. The summed E-state index contributed by atoms with van der Waals surface area (Å²) in [6.45, 7) is 0.453. The third-order valence-corrected chi connectivity index (χ3v) is 7.43. The van der Waals surface area contributed by atoms with Crippen molar-refractivity contribution in [2.45, 2.75) is 32.6 Å². The predicted molar refractivity (Wildman–Crippen MR) is 168 cm³/mol. The molecule has 0 saturated heterocycles. The van der Waals surface area contributed by atoms with Crippen molar-refractivity contribution in [1.29, 1.82) is 0 Å². The minimum Gasteiger partial charge on any atom is -0.485 e. The number of fused-ring (bicyclic) bond motifs is 2. The Morgan fingerprint density at radius 2 is 1.79 bits per heavy atom. The Hall–Kier alpha value is -6.51.